The number of ketones is 1. The predicted octanol–water partition coefficient (Wildman–Crippen LogP) is 4.33. The number of quaternary nitrogens is 1. The Kier molecular flexibility index (Phi) is 5.73. The van der Waals surface area contributed by atoms with Gasteiger partial charge >= 0.3 is 0 Å². The summed E-state index contributed by atoms with van der Waals surface area (Å²) >= 11 is 0. The average Bonchev–Trinajstić information content (AvgIpc) is 3.02. The molecule has 0 radical (unpaired) electrons. The van der Waals surface area contributed by atoms with Crippen molar-refractivity contribution in [2.45, 2.75) is 72.1 Å². The van der Waals surface area contributed by atoms with E-state index in [9.17, 15) is 9.59 Å². The number of carbonyl (C=O) groups is 2. The summed E-state index contributed by atoms with van der Waals surface area (Å²) in [4.78, 5) is 24.5. The second-order valence-corrected chi connectivity index (χ2v) is 12.4. The van der Waals surface area contributed by atoms with Crippen molar-refractivity contribution < 1.29 is 14.1 Å². The quantitative estimate of drug-likeness (QED) is 0.535. The number of allylic oxidation sites excluding steroid dienone is 2. The minimum atomic E-state index is -0.0248. The van der Waals surface area contributed by atoms with E-state index in [2.05, 4.69) is 30.5 Å². The number of Topliss-reactive ketones (excluding diaryl/α,β-unsaturated/α-hetero) is 1. The van der Waals surface area contributed by atoms with Crippen LogP contribution in [0.15, 0.2) is 16.8 Å². The van der Waals surface area contributed by atoms with Crippen LogP contribution in [0.4, 0.5) is 0 Å². The normalized spacial score (nSPS) is 41.1. The van der Waals surface area contributed by atoms with Crippen LogP contribution in [0.25, 0.3) is 0 Å². The second kappa shape index (κ2) is 7.83. The number of fused-ring (bicyclic) bond motifs is 5. The van der Waals surface area contributed by atoms with Crippen molar-refractivity contribution >= 4 is 17.4 Å². The molecule has 4 aliphatic carbocycles. The van der Waals surface area contributed by atoms with Crippen LogP contribution in [0.5, 0.6) is 0 Å². The van der Waals surface area contributed by atoms with Gasteiger partial charge in [-0.15, -0.1) is 0 Å². The Morgan fingerprint density at radius 1 is 1.06 bits per heavy atom. The summed E-state index contributed by atoms with van der Waals surface area (Å²) in [7, 11) is 6.03. The summed E-state index contributed by atoms with van der Waals surface area (Å²) in [6.45, 7) is 7.15. The van der Waals surface area contributed by atoms with Crippen LogP contribution in [-0.2, 0) is 9.59 Å². The Balaban J connectivity index is 1.50. The van der Waals surface area contributed by atoms with Crippen molar-refractivity contribution in [3.63, 3.8) is 0 Å². The first kappa shape index (κ1) is 22.7. The molecular formula is C26H42N3O2+. The van der Waals surface area contributed by atoms with Crippen molar-refractivity contribution in [3.05, 3.63) is 11.6 Å². The zero-order valence-corrected chi connectivity index (χ0v) is 20.5. The fourth-order valence-corrected chi connectivity index (χ4v) is 7.93. The Morgan fingerprint density at radius 3 is 2.48 bits per heavy atom. The molecule has 5 nitrogen and oxygen atoms in total. The van der Waals surface area contributed by atoms with Crippen LogP contribution >= 0.6 is 0 Å². The first-order chi connectivity index (χ1) is 14.4. The first-order valence-electron chi connectivity index (χ1n) is 12.3. The molecule has 3 saturated carbocycles. The Hall–Kier alpha value is -1.49. The summed E-state index contributed by atoms with van der Waals surface area (Å²) in [5.74, 6) is 2.87. The minimum Gasteiger partial charge on any atom is -0.323 e. The number of carbonyl (C=O) groups excluding carboxylic acids is 2. The first-order valence-corrected chi connectivity index (χ1v) is 12.3. The maximum absolute atomic E-state index is 12.3. The summed E-state index contributed by atoms with van der Waals surface area (Å²) in [5.41, 5.74) is 5.83. The van der Waals surface area contributed by atoms with Crippen molar-refractivity contribution in [3.8, 4) is 0 Å². The van der Waals surface area contributed by atoms with E-state index < -0.39 is 0 Å². The third kappa shape index (κ3) is 4.03. The zero-order valence-electron chi connectivity index (χ0n) is 20.5. The van der Waals surface area contributed by atoms with E-state index in [1.54, 1.807) is 5.57 Å². The number of rotatable bonds is 4. The number of amides is 1. The highest BCUT2D eigenvalue weighted by atomic mass is 16.2. The van der Waals surface area contributed by atoms with Crippen LogP contribution < -0.4 is 5.43 Å². The molecule has 6 atom stereocenters. The van der Waals surface area contributed by atoms with Gasteiger partial charge in [0.25, 0.3) is 5.91 Å². The number of nitrogens with one attached hydrogen (secondary N) is 1. The SMILES string of the molecule is CC(=O)[C@H]1CC[C@H]2[C@@H]3CCC4=C/C(=N\NC(=O)C[N+](C)(C)C)CC[C@]4(C)[C@H]3CC[C@]12C. The van der Waals surface area contributed by atoms with Crippen LogP contribution in [0.1, 0.15) is 72.1 Å². The predicted molar refractivity (Wildman–Crippen MR) is 124 cm³/mol. The average molecular weight is 429 g/mol. The molecule has 0 unspecified atom stereocenters. The lowest BCUT2D eigenvalue weighted by Crippen LogP contribution is -2.51. The molecule has 0 aromatic rings. The molecule has 4 aliphatic rings. The lowest BCUT2D eigenvalue weighted by Gasteiger charge is -2.58. The molecule has 0 heterocycles. The summed E-state index contributed by atoms with van der Waals surface area (Å²) in [6.07, 6.45) is 11.5. The molecule has 5 heteroatoms. The molecule has 172 valence electrons. The summed E-state index contributed by atoms with van der Waals surface area (Å²) < 4.78 is 0.601. The Labute approximate surface area is 188 Å². The molecule has 31 heavy (non-hydrogen) atoms. The van der Waals surface area contributed by atoms with E-state index in [1.165, 1.54) is 25.7 Å². The molecule has 1 N–H and O–H groups in total. The van der Waals surface area contributed by atoms with Gasteiger partial charge in [-0.05, 0) is 93.0 Å². The van der Waals surface area contributed by atoms with Gasteiger partial charge in [-0.25, -0.2) is 5.43 Å². The minimum absolute atomic E-state index is 0.0248. The number of hydrogen-bond acceptors (Lipinski definition) is 3. The lowest BCUT2D eigenvalue weighted by molar-refractivity contribution is -0.862. The van der Waals surface area contributed by atoms with E-state index in [1.807, 2.05) is 28.1 Å². The third-order valence-electron chi connectivity index (χ3n) is 9.41. The zero-order chi connectivity index (χ0) is 22.6. The number of likely N-dealkylation sites (N-methyl/N-ethyl adjacent to an activating group) is 1. The molecule has 1 amide bonds. The van der Waals surface area contributed by atoms with Crippen molar-refractivity contribution in [1.82, 2.24) is 5.43 Å². The van der Waals surface area contributed by atoms with Gasteiger partial charge in [0.05, 0.1) is 26.9 Å². The monoisotopic (exact) mass is 428 g/mol. The molecule has 4 rings (SSSR count). The van der Waals surface area contributed by atoms with E-state index in [-0.39, 0.29) is 22.7 Å². The van der Waals surface area contributed by atoms with Gasteiger partial charge in [-0.1, -0.05) is 19.4 Å². The molecule has 0 spiro atoms. The lowest BCUT2D eigenvalue weighted by atomic mass is 9.46. The van der Waals surface area contributed by atoms with Gasteiger partial charge in [0.15, 0.2) is 6.54 Å². The van der Waals surface area contributed by atoms with E-state index >= 15 is 0 Å². The largest absolute Gasteiger partial charge is 0.323 e. The van der Waals surface area contributed by atoms with Gasteiger partial charge in [0.2, 0.25) is 0 Å². The van der Waals surface area contributed by atoms with Crippen LogP contribution in [0.3, 0.4) is 0 Å². The number of hydrazone groups is 1. The van der Waals surface area contributed by atoms with Gasteiger partial charge in [-0.3, -0.25) is 9.59 Å². The maximum Gasteiger partial charge on any atom is 0.295 e. The van der Waals surface area contributed by atoms with Crippen molar-refractivity contribution in [2.24, 2.45) is 39.6 Å². The highest BCUT2D eigenvalue weighted by Crippen LogP contribution is 2.66. The number of nitrogens with zero attached hydrogens (tertiary/aromatic N) is 2. The molecule has 0 aliphatic heterocycles. The highest BCUT2D eigenvalue weighted by Gasteiger charge is 2.59. The van der Waals surface area contributed by atoms with Crippen LogP contribution in [0, 0.1) is 34.5 Å². The fourth-order valence-electron chi connectivity index (χ4n) is 7.93. The van der Waals surface area contributed by atoms with Crippen LogP contribution in [0.2, 0.25) is 0 Å². The molecule has 0 saturated heterocycles. The summed E-state index contributed by atoms with van der Waals surface area (Å²) in [6, 6.07) is 0. The van der Waals surface area contributed by atoms with Crippen LogP contribution in [-0.4, -0.2) is 49.6 Å². The standard InChI is InChI=1S/C26H41N3O2/c1-17(30)21-9-10-22-20-8-7-18-15-19(27-28-24(31)16-29(4,5)6)11-13-25(18,2)23(20)12-14-26(21,22)3/h15,20-23H,7-14,16H2,1-6H3/p+1/b27-19-/t20-,21+,22-,23-,25-,26+/m0/s1. The van der Waals surface area contributed by atoms with E-state index in [4.69, 9.17) is 0 Å². The molecule has 3 fully saturated rings. The van der Waals surface area contributed by atoms with Gasteiger partial charge in [0, 0.05) is 5.92 Å². The maximum atomic E-state index is 12.3. The topological polar surface area (TPSA) is 58.5 Å². The molecule has 0 aromatic carbocycles. The van der Waals surface area contributed by atoms with Gasteiger partial charge < -0.3 is 4.48 Å². The highest BCUT2D eigenvalue weighted by molar-refractivity contribution is 5.97. The van der Waals surface area contributed by atoms with Crippen molar-refractivity contribution in [2.75, 3.05) is 27.7 Å². The summed E-state index contributed by atoms with van der Waals surface area (Å²) in [5, 5.41) is 4.48. The van der Waals surface area contributed by atoms with E-state index in [0.29, 0.717) is 22.7 Å². The van der Waals surface area contributed by atoms with Crippen molar-refractivity contribution in [1.29, 1.82) is 0 Å². The smallest absolute Gasteiger partial charge is 0.295 e. The Morgan fingerprint density at radius 2 is 1.81 bits per heavy atom. The molecule has 0 bridgehead atoms. The third-order valence-corrected chi connectivity index (χ3v) is 9.41. The second-order valence-electron chi connectivity index (χ2n) is 12.4. The van der Waals surface area contributed by atoms with Gasteiger partial charge in [0.1, 0.15) is 5.78 Å². The van der Waals surface area contributed by atoms with E-state index in [0.717, 1.165) is 43.2 Å². The molecular weight excluding hydrogens is 386 g/mol. The Bertz CT molecular complexity index is 823. The fraction of sp³-hybridized carbons (Fsp3) is 0.808. The van der Waals surface area contributed by atoms with Gasteiger partial charge in [-0.2, -0.15) is 5.10 Å². The number of hydrogen-bond donors (Lipinski definition) is 1. The molecule has 0 aromatic heterocycles.